The predicted molar refractivity (Wildman–Crippen MR) is 95.4 cm³/mol. The van der Waals surface area contributed by atoms with Crippen LogP contribution < -0.4 is 4.74 Å². The van der Waals surface area contributed by atoms with Gasteiger partial charge in [-0.2, -0.15) is 0 Å². The zero-order chi connectivity index (χ0) is 17.5. The Morgan fingerprint density at radius 3 is 2.16 bits per heavy atom. The minimum absolute atomic E-state index is 0. The molecule has 0 aliphatic rings. The van der Waals surface area contributed by atoms with Gasteiger partial charge in [0.2, 0.25) is 0 Å². The summed E-state index contributed by atoms with van der Waals surface area (Å²) in [6, 6.07) is 9.24. The molecule has 0 fully saturated rings. The summed E-state index contributed by atoms with van der Waals surface area (Å²) in [4.78, 5) is 28.9. The van der Waals surface area contributed by atoms with Gasteiger partial charge in [-0.05, 0) is 13.8 Å². The minimum atomic E-state index is -0.656. The van der Waals surface area contributed by atoms with Crippen molar-refractivity contribution < 1.29 is 23.8 Å². The number of methoxy groups -OCH3 is 1. The highest BCUT2D eigenvalue weighted by atomic mass is 35.5. The number of hydrogen-bond donors (Lipinski definition) is 0. The fraction of sp³-hybridized carbons (Fsp3) is 0.278. The molecule has 1 heterocycles. The molecule has 0 saturated heterocycles. The molecule has 2 rings (SSSR count). The van der Waals surface area contributed by atoms with E-state index in [-0.39, 0.29) is 42.5 Å². The number of nitrogens with zero attached hydrogens (tertiary/aromatic N) is 1. The van der Waals surface area contributed by atoms with E-state index in [1.807, 2.05) is 30.3 Å². The molecule has 0 aliphatic heterocycles. The van der Waals surface area contributed by atoms with E-state index in [0.29, 0.717) is 5.69 Å². The third kappa shape index (κ3) is 4.48. The van der Waals surface area contributed by atoms with Gasteiger partial charge in [0, 0.05) is 11.8 Å². The fourth-order valence-corrected chi connectivity index (χ4v) is 2.26. The van der Waals surface area contributed by atoms with Gasteiger partial charge >= 0.3 is 11.9 Å². The van der Waals surface area contributed by atoms with E-state index in [4.69, 9.17) is 14.2 Å². The van der Waals surface area contributed by atoms with Crippen molar-refractivity contribution in [2.24, 2.45) is 0 Å². The van der Waals surface area contributed by atoms with Gasteiger partial charge < -0.3 is 14.2 Å². The maximum atomic E-state index is 12.4. The van der Waals surface area contributed by atoms with Gasteiger partial charge in [-0.15, -0.1) is 12.4 Å². The molecule has 0 radical (unpaired) electrons. The Labute approximate surface area is 152 Å². The average molecular weight is 366 g/mol. The highest BCUT2D eigenvalue weighted by molar-refractivity contribution is 6.06. The number of pyridine rings is 1. The largest absolute Gasteiger partial charge is 0.494 e. The number of benzene rings is 1. The molecule has 0 atom stereocenters. The number of halogens is 1. The van der Waals surface area contributed by atoms with Crippen LogP contribution >= 0.6 is 12.4 Å². The van der Waals surface area contributed by atoms with Crippen molar-refractivity contribution in [3.8, 4) is 17.0 Å². The molecule has 1 aromatic heterocycles. The van der Waals surface area contributed by atoms with Gasteiger partial charge in [0.25, 0.3) is 0 Å². The third-order valence-corrected chi connectivity index (χ3v) is 3.26. The Morgan fingerprint density at radius 2 is 1.60 bits per heavy atom. The van der Waals surface area contributed by atoms with E-state index >= 15 is 0 Å². The number of esters is 2. The molecule has 2 aromatic rings. The number of aromatic nitrogens is 1. The van der Waals surface area contributed by atoms with E-state index in [0.717, 1.165) is 5.56 Å². The average Bonchev–Trinajstić information content (AvgIpc) is 2.61. The molecule has 7 heteroatoms. The lowest BCUT2D eigenvalue weighted by Crippen LogP contribution is -2.17. The molecule has 25 heavy (non-hydrogen) atoms. The van der Waals surface area contributed by atoms with E-state index in [9.17, 15) is 9.59 Å². The van der Waals surface area contributed by atoms with Crippen molar-refractivity contribution >= 4 is 24.3 Å². The van der Waals surface area contributed by atoms with Crippen LogP contribution in [0, 0.1) is 0 Å². The summed E-state index contributed by atoms with van der Waals surface area (Å²) in [5.74, 6) is -1.12. The number of ether oxygens (including phenoxy) is 3. The van der Waals surface area contributed by atoms with Crippen molar-refractivity contribution in [3.63, 3.8) is 0 Å². The zero-order valence-electron chi connectivity index (χ0n) is 14.3. The zero-order valence-corrected chi connectivity index (χ0v) is 15.1. The molecule has 0 saturated carbocycles. The highest BCUT2D eigenvalue weighted by Crippen LogP contribution is 2.34. The summed E-state index contributed by atoms with van der Waals surface area (Å²) in [6.45, 7) is 3.73. The van der Waals surface area contributed by atoms with Gasteiger partial charge in [-0.3, -0.25) is 4.98 Å². The molecule has 0 amide bonds. The van der Waals surface area contributed by atoms with Gasteiger partial charge in [0.1, 0.15) is 11.3 Å². The van der Waals surface area contributed by atoms with Gasteiger partial charge in [-0.1, -0.05) is 30.3 Å². The number of rotatable bonds is 6. The summed E-state index contributed by atoms with van der Waals surface area (Å²) in [5, 5.41) is 0. The predicted octanol–water partition coefficient (Wildman–Crippen LogP) is 3.53. The van der Waals surface area contributed by atoms with Crippen molar-refractivity contribution in [3.05, 3.63) is 47.7 Å². The quantitative estimate of drug-likeness (QED) is 0.729. The molecule has 0 spiro atoms. The van der Waals surface area contributed by atoms with Crippen LogP contribution in [0.4, 0.5) is 0 Å². The molecule has 0 N–H and O–H groups in total. The van der Waals surface area contributed by atoms with Crippen LogP contribution in [-0.2, 0) is 9.47 Å². The van der Waals surface area contributed by atoms with Crippen molar-refractivity contribution in [1.82, 2.24) is 4.98 Å². The van der Waals surface area contributed by atoms with E-state index in [2.05, 4.69) is 4.98 Å². The Kier molecular flexibility index (Phi) is 7.88. The second-order valence-electron chi connectivity index (χ2n) is 4.74. The molecular weight excluding hydrogens is 346 g/mol. The molecule has 1 aromatic carbocycles. The lowest BCUT2D eigenvalue weighted by atomic mass is 10.0. The van der Waals surface area contributed by atoms with Gasteiger partial charge in [-0.25, -0.2) is 9.59 Å². The second-order valence-corrected chi connectivity index (χ2v) is 4.74. The molecule has 6 nitrogen and oxygen atoms in total. The van der Waals surface area contributed by atoms with Crippen LogP contribution in [0.3, 0.4) is 0 Å². The molecule has 0 bridgehead atoms. The first-order chi connectivity index (χ1) is 11.6. The first-order valence-electron chi connectivity index (χ1n) is 7.60. The molecular formula is C18H20ClNO5. The Balaban J connectivity index is 0.00000312. The lowest BCUT2D eigenvalue weighted by molar-refractivity contribution is 0.0475. The standard InChI is InChI=1S/C18H19NO5.ClH/c1-4-23-17(20)13-11-19-15(12-9-7-6-8-10-12)16(22-3)14(13)18(21)24-5-2;/h6-11H,4-5H2,1-3H3;1H. The summed E-state index contributed by atoms with van der Waals surface area (Å²) < 4.78 is 15.5. The monoisotopic (exact) mass is 365 g/mol. The third-order valence-electron chi connectivity index (χ3n) is 3.26. The fourth-order valence-electron chi connectivity index (χ4n) is 2.26. The molecule has 0 unspecified atom stereocenters. The molecule has 134 valence electrons. The van der Waals surface area contributed by atoms with Crippen LogP contribution in [-0.4, -0.2) is 37.2 Å². The van der Waals surface area contributed by atoms with E-state index in [1.54, 1.807) is 13.8 Å². The Hall–Kier alpha value is -2.60. The van der Waals surface area contributed by atoms with Crippen molar-refractivity contribution in [2.75, 3.05) is 20.3 Å². The topological polar surface area (TPSA) is 74.7 Å². The van der Waals surface area contributed by atoms with Crippen LogP contribution in [0.5, 0.6) is 5.75 Å². The number of hydrogen-bond acceptors (Lipinski definition) is 6. The normalized spacial score (nSPS) is 9.72. The Morgan fingerprint density at radius 1 is 1.00 bits per heavy atom. The van der Waals surface area contributed by atoms with E-state index in [1.165, 1.54) is 13.3 Å². The first-order valence-corrected chi connectivity index (χ1v) is 7.60. The molecule has 0 aliphatic carbocycles. The van der Waals surface area contributed by atoms with Gasteiger partial charge in [0.05, 0.1) is 25.9 Å². The highest BCUT2D eigenvalue weighted by Gasteiger charge is 2.27. The second kappa shape index (κ2) is 9.64. The maximum absolute atomic E-state index is 12.4. The van der Waals surface area contributed by atoms with Crippen LogP contribution in [0.1, 0.15) is 34.6 Å². The Bertz CT molecular complexity index is 734. The summed E-state index contributed by atoms with van der Waals surface area (Å²) >= 11 is 0. The first kappa shape index (κ1) is 20.4. The SMILES string of the molecule is CCOC(=O)c1cnc(-c2ccccc2)c(OC)c1C(=O)OCC.Cl. The number of carbonyl (C=O) groups excluding carboxylic acids is 2. The van der Waals surface area contributed by atoms with Crippen molar-refractivity contribution in [2.45, 2.75) is 13.8 Å². The van der Waals surface area contributed by atoms with Gasteiger partial charge in [0.15, 0.2) is 5.75 Å². The smallest absolute Gasteiger partial charge is 0.342 e. The van der Waals surface area contributed by atoms with Crippen LogP contribution in [0.15, 0.2) is 36.5 Å². The van der Waals surface area contributed by atoms with E-state index < -0.39 is 11.9 Å². The lowest BCUT2D eigenvalue weighted by Gasteiger charge is -2.15. The minimum Gasteiger partial charge on any atom is -0.494 e. The van der Waals surface area contributed by atoms with Crippen molar-refractivity contribution in [1.29, 1.82) is 0 Å². The number of carbonyl (C=O) groups is 2. The van der Waals surface area contributed by atoms with Crippen LogP contribution in [0.2, 0.25) is 0 Å². The summed E-state index contributed by atoms with van der Waals surface area (Å²) in [5.41, 5.74) is 1.25. The summed E-state index contributed by atoms with van der Waals surface area (Å²) in [7, 11) is 1.42. The maximum Gasteiger partial charge on any atom is 0.342 e. The summed E-state index contributed by atoms with van der Waals surface area (Å²) in [6.07, 6.45) is 1.31. The van der Waals surface area contributed by atoms with Crippen LogP contribution in [0.25, 0.3) is 11.3 Å².